The largest absolute Gasteiger partial charge is 0.507 e. The van der Waals surface area contributed by atoms with Crippen molar-refractivity contribution in [1.29, 1.82) is 0 Å². The van der Waals surface area contributed by atoms with Crippen molar-refractivity contribution in [2.45, 2.75) is 33.6 Å². The number of nitrogens with one attached hydrogen (secondary N) is 1. The van der Waals surface area contributed by atoms with Gasteiger partial charge in [-0.1, -0.05) is 11.6 Å². The van der Waals surface area contributed by atoms with E-state index in [2.05, 4.69) is 10.3 Å². The number of methoxy groups -OCH3 is 1. The first-order valence-electron chi connectivity index (χ1n) is 9.57. The minimum absolute atomic E-state index is 0.0446. The van der Waals surface area contributed by atoms with Crippen LogP contribution in [0.15, 0.2) is 29.3 Å². The van der Waals surface area contributed by atoms with E-state index in [1.807, 2.05) is 0 Å². The highest BCUT2D eigenvalue weighted by Gasteiger charge is 2.32. The molecule has 0 spiro atoms. The maximum absolute atomic E-state index is 13.3. The van der Waals surface area contributed by atoms with Gasteiger partial charge >= 0.3 is 6.18 Å². The van der Waals surface area contributed by atoms with Gasteiger partial charge in [0.25, 0.3) is 5.91 Å². The van der Waals surface area contributed by atoms with Crippen LogP contribution in [0.4, 0.5) is 18.9 Å². The predicted molar refractivity (Wildman–Crippen MR) is 116 cm³/mol. The topological polar surface area (TPSA) is 80.2 Å². The number of halogens is 4. The Hall–Kier alpha value is -2.62. The number of phenolic OH excluding ortho intramolecular Hbond substituents is 1. The molecule has 0 fully saturated rings. The van der Waals surface area contributed by atoms with Crippen molar-refractivity contribution in [1.82, 2.24) is 5.32 Å². The third kappa shape index (κ3) is 6.69. The standard InChI is InChI=1S/C22H24ClF3N2O4/c1-12-7-16(22(24,25)26)9-15(11-32-6-5-31-4)19(12)27-14(3)28-21(30)18-10-17(23)8-13(2)20(18)29/h7-10,29H,5-6,11H2,1-4H3,(H,27,28,30). The number of aryl methyl sites for hydroxylation is 2. The fraction of sp³-hybridized carbons (Fsp3) is 0.364. The molecule has 2 N–H and O–H groups in total. The molecule has 0 unspecified atom stereocenters. The highest BCUT2D eigenvalue weighted by Crippen LogP contribution is 2.35. The molecule has 6 nitrogen and oxygen atoms in total. The molecule has 32 heavy (non-hydrogen) atoms. The summed E-state index contributed by atoms with van der Waals surface area (Å²) in [5, 5.41) is 12.9. The zero-order valence-corrected chi connectivity index (χ0v) is 18.8. The van der Waals surface area contributed by atoms with Crippen LogP contribution in [0.25, 0.3) is 0 Å². The van der Waals surface area contributed by atoms with Crippen LogP contribution in [0.5, 0.6) is 5.75 Å². The molecule has 0 atom stereocenters. The van der Waals surface area contributed by atoms with Gasteiger partial charge in [0.2, 0.25) is 0 Å². The zero-order valence-electron chi connectivity index (χ0n) is 18.1. The maximum Gasteiger partial charge on any atom is 0.416 e. The van der Waals surface area contributed by atoms with E-state index in [0.29, 0.717) is 5.56 Å². The van der Waals surface area contributed by atoms with E-state index in [0.717, 1.165) is 12.1 Å². The predicted octanol–water partition coefficient (Wildman–Crippen LogP) is 5.32. The van der Waals surface area contributed by atoms with E-state index in [1.54, 1.807) is 6.92 Å². The number of phenols is 1. The number of carbonyl (C=O) groups excluding carboxylic acids is 1. The highest BCUT2D eigenvalue weighted by molar-refractivity contribution is 6.31. The molecule has 0 aliphatic rings. The first kappa shape index (κ1) is 25.6. The fourth-order valence-corrected chi connectivity index (χ4v) is 3.22. The molecule has 0 heterocycles. The SMILES string of the molecule is COCCOCc1cc(C(F)(F)F)cc(C)c1N=C(C)NC(=O)c1cc(Cl)cc(C)c1O. The lowest BCUT2D eigenvalue weighted by Crippen LogP contribution is -2.28. The number of amides is 1. The molecule has 174 valence electrons. The molecule has 10 heteroatoms. The summed E-state index contributed by atoms with van der Waals surface area (Å²) in [6.07, 6.45) is -4.53. The molecule has 0 aliphatic heterocycles. The van der Waals surface area contributed by atoms with Gasteiger partial charge in [-0.2, -0.15) is 13.2 Å². The Morgan fingerprint density at radius 1 is 1.16 bits per heavy atom. The van der Waals surface area contributed by atoms with Gasteiger partial charge in [-0.3, -0.25) is 4.79 Å². The summed E-state index contributed by atoms with van der Waals surface area (Å²) in [5.41, 5.74) is 0.284. The molecule has 0 aliphatic carbocycles. The number of nitrogens with zero attached hydrogens (tertiary/aromatic N) is 1. The monoisotopic (exact) mass is 472 g/mol. The summed E-state index contributed by atoms with van der Waals surface area (Å²) in [6, 6.07) is 4.78. The summed E-state index contributed by atoms with van der Waals surface area (Å²) < 4.78 is 50.1. The first-order valence-corrected chi connectivity index (χ1v) is 9.95. The van der Waals surface area contributed by atoms with Gasteiger partial charge < -0.3 is 19.9 Å². The summed E-state index contributed by atoms with van der Waals surface area (Å²) in [6.45, 7) is 4.93. The minimum Gasteiger partial charge on any atom is -0.507 e. The van der Waals surface area contributed by atoms with Gasteiger partial charge in [-0.05, 0) is 56.2 Å². The van der Waals surface area contributed by atoms with Crippen LogP contribution in [0.1, 0.15) is 39.5 Å². The number of amidine groups is 1. The van der Waals surface area contributed by atoms with Gasteiger partial charge in [0.15, 0.2) is 0 Å². The normalized spacial score (nSPS) is 12.2. The quantitative estimate of drug-likeness (QED) is 0.324. The second kappa shape index (κ2) is 10.8. The zero-order chi connectivity index (χ0) is 24.1. The van der Waals surface area contributed by atoms with Crippen LogP contribution >= 0.6 is 11.6 Å². The highest BCUT2D eigenvalue weighted by atomic mass is 35.5. The Labute approximate surface area is 189 Å². The van der Waals surface area contributed by atoms with E-state index in [4.69, 9.17) is 21.1 Å². The molecule has 2 aromatic carbocycles. The second-order valence-corrected chi connectivity index (χ2v) is 7.55. The average Bonchev–Trinajstić information content (AvgIpc) is 2.69. The van der Waals surface area contributed by atoms with E-state index in [9.17, 15) is 23.1 Å². The number of alkyl halides is 3. The molecule has 2 aromatic rings. The second-order valence-electron chi connectivity index (χ2n) is 7.11. The fourth-order valence-electron chi connectivity index (χ4n) is 2.95. The Bertz CT molecular complexity index is 1020. The van der Waals surface area contributed by atoms with Gasteiger partial charge in [-0.15, -0.1) is 0 Å². The lowest BCUT2D eigenvalue weighted by molar-refractivity contribution is -0.137. The van der Waals surface area contributed by atoms with Crippen molar-refractivity contribution in [2.24, 2.45) is 4.99 Å². The van der Waals surface area contributed by atoms with Crippen LogP contribution in [0.3, 0.4) is 0 Å². The van der Waals surface area contributed by atoms with Gasteiger partial charge in [-0.25, -0.2) is 4.99 Å². The van der Waals surface area contributed by atoms with Crippen molar-refractivity contribution in [3.05, 3.63) is 57.1 Å². The summed E-state index contributed by atoms with van der Waals surface area (Å²) in [4.78, 5) is 16.9. The van der Waals surface area contributed by atoms with E-state index < -0.39 is 17.6 Å². The van der Waals surface area contributed by atoms with Crippen molar-refractivity contribution in [3.8, 4) is 5.75 Å². The number of hydrogen-bond donors (Lipinski definition) is 2. The number of ether oxygens (including phenoxy) is 2. The van der Waals surface area contributed by atoms with Crippen LogP contribution in [-0.4, -0.2) is 37.2 Å². The number of aromatic hydroxyl groups is 1. The van der Waals surface area contributed by atoms with E-state index in [-0.39, 0.29) is 58.8 Å². The molecule has 2 rings (SSSR count). The van der Waals surface area contributed by atoms with Gasteiger partial charge in [0, 0.05) is 17.7 Å². The summed E-state index contributed by atoms with van der Waals surface area (Å²) in [5.74, 6) is -0.762. The van der Waals surface area contributed by atoms with Gasteiger partial charge in [0.05, 0.1) is 36.6 Å². The van der Waals surface area contributed by atoms with Crippen LogP contribution in [0.2, 0.25) is 5.02 Å². The number of carbonyl (C=O) groups is 1. The van der Waals surface area contributed by atoms with Crippen LogP contribution in [0, 0.1) is 13.8 Å². The molecular weight excluding hydrogens is 449 g/mol. The van der Waals surface area contributed by atoms with Crippen molar-refractivity contribution < 1.29 is 32.5 Å². The third-order valence-electron chi connectivity index (χ3n) is 4.48. The van der Waals surface area contributed by atoms with Crippen LogP contribution < -0.4 is 5.32 Å². The Morgan fingerprint density at radius 2 is 1.84 bits per heavy atom. The lowest BCUT2D eigenvalue weighted by Gasteiger charge is -2.15. The first-order chi connectivity index (χ1) is 14.9. The number of aliphatic imine (C=N–C) groups is 1. The Morgan fingerprint density at radius 3 is 2.47 bits per heavy atom. The smallest absolute Gasteiger partial charge is 0.416 e. The number of hydrogen-bond acceptors (Lipinski definition) is 5. The van der Waals surface area contributed by atoms with Gasteiger partial charge in [0.1, 0.15) is 11.6 Å². The minimum atomic E-state index is -4.53. The summed E-state index contributed by atoms with van der Waals surface area (Å²) in [7, 11) is 1.48. The molecule has 0 saturated heterocycles. The van der Waals surface area contributed by atoms with Crippen molar-refractivity contribution >= 4 is 29.0 Å². The van der Waals surface area contributed by atoms with Crippen LogP contribution in [-0.2, 0) is 22.3 Å². The Balaban J connectivity index is 2.37. The number of rotatable bonds is 7. The molecular formula is C22H24ClF3N2O4. The maximum atomic E-state index is 13.3. The number of benzene rings is 2. The van der Waals surface area contributed by atoms with Crippen molar-refractivity contribution in [3.63, 3.8) is 0 Å². The molecule has 0 saturated carbocycles. The summed E-state index contributed by atoms with van der Waals surface area (Å²) >= 11 is 5.96. The average molecular weight is 473 g/mol. The third-order valence-corrected chi connectivity index (χ3v) is 4.70. The Kier molecular flexibility index (Phi) is 8.65. The van der Waals surface area contributed by atoms with E-state index in [1.165, 1.54) is 33.1 Å². The van der Waals surface area contributed by atoms with E-state index >= 15 is 0 Å². The molecule has 0 aromatic heterocycles. The van der Waals surface area contributed by atoms with Crippen molar-refractivity contribution in [2.75, 3.05) is 20.3 Å². The molecule has 0 radical (unpaired) electrons. The molecule has 0 bridgehead atoms. The molecule has 1 amide bonds. The lowest BCUT2D eigenvalue weighted by atomic mass is 10.0.